The Morgan fingerprint density at radius 3 is 2.73 bits per heavy atom. The molecule has 2 unspecified atom stereocenters. The average Bonchev–Trinajstić information content (AvgIpc) is 3.02. The predicted molar refractivity (Wildman–Crippen MR) is 60.2 cm³/mol. The molecule has 1 aliphatic carbocycles. The summed E-state index contributed by atoms with van der Waals surface area (Å²) in [4.78, 5) is 4.78. The molecule has 2 heterocycles. The van der Waals surface area contributed by atoms with E-state index in [-0.39, 0.29) is 0 Å². The van der Waals surface area contributed by atoms with Crippen LogP contribution in [0.1, 0.15) is 38.5 Å². The maximum atomic E-state index is 5.75. The molecule has 0 radical (unpaired) electrons. The lowest BCUT2D eigenvalue weighted by Gasteiger charge is -2.11. The highest BCUT2D eigenvalue weighted by atomic mass is 16.5. The molecule has 2 atom stereocenters. The van der Waals surface area contributed by atoms with Crippen LogP contribution in [0.2, 0.25) is 0 Å². The fourth-order valence-electron chi connectivity index (χ4n) is 3.08. The average molecular weight is 208 g/mol. The van der Waals surface area contributed by atoms with Crippen molar-refractivity contribution in [1.82, 2.24) is 5.32 Å². The van der Waals surface area contributed by atoms with Gasteiger partial charge >= 0.3 is 0 Å². The van der Waals surface area contributed by atoms with Crippen molar-refractivity contribution in [3.63, 3.8) is 0 Å². The minimum atomic E-state index is 0.427. The Morgan fingerprint density at radius 1 is 1.13 bits per heavy atom. The van der Waals surface area contributed by atoms with E-state index in [0.717, 1.165) is 25.0 Å². The van der Waals surface area contributed by atoms with Gasteiger partial charge in [-0.2, -0.15) is 0 Å². The second-order valence-corrected chi connectivity index (χ2v) is 5.04. The van der Waals surface area contributed by atoms with Crippen molar-refractivity contribution in [2.45, 2.75) is 50.6 Å². The zero-order valence-electron chi connectivity index (χ0n) is 9.24. The molecule has 0 spiro atoms. The zero-order valence-corrected chi connectivity index (χ0v) is 9.24. The summed E-state index contributed by atoms with van der Waals surface area (Å²) in [7, 11) is 0. The summed E-state index contributed by atoms with van der Waals surface area (Å²) in [6.45, 7) is 1.97. The van der Waals surface area contributed by atoms with E-state index in [0.29, 0.717) is 12.1 Å². The summed E-state index contributed by atoms with van der Waals surface area (Å²) in [5, 5.41) is 3.45. The van der Waals surface area contributed by atoms with E-state index in [9.17, 15) is 0 Å². The van der Waals surface area contributed by atoms with Gasteiger partial charge in [0.2, 0.25) is 5.90 Å². The molecule has 15 heavy (non-hydrogen) atoms. The van der Waals surface area contributed by atoms with Crippen LogP contribution in [0, 0.1) is 5.92 Å². The van der Waals surface area contributed by atoms with Gasteiger partial charge in [0.05, 0.1) is 12.1 Å². The van der Waals surface area contributed by atoms with Gasteiger partial charge in [0.25, 0.3) is 0 Å². The summed E-state index contributed by atoms with van der Waals surface area (Å²) >= 11 is 0. The van der Waals surface area contributed by atoms with Crippen LogP contribution in [0.4, 0.5) is 0 Å². The number of hydrogen-bond donors (Lipinski definition) is 1. The van der Waals surface area contributed by atoms with Crippen LogP contribution in [0.5, 0.6) is 0 Å². The third-order valence-corrected chi connectivity index (χ3v) is 4.00. The third-order valence-electron chi connectivity index (χ3n) is 4.00. The lowest BCUT2D eigenvalue weighted by atomic mass is 10.00. The largest absolute Gasteiger partial charge is 0.478 e. The summed E-state index contributed by atoms with van der Waals surface area (Å²) in [5.41, 5.74) is 0. The molecular weight excluding hydrogens is 188 g/mol. The van der Waals surface area contributed by atoms with Crippen molar-refractivity contribution in [3.8, 4) is 0 Å². The quantitative estimate of drug-likeness (QED) is 0.749. The fraction of sp³-hybridized carbons (Fsp3) is 0.917. The molecule has 3 heteroatoms. The highest BCUT2D eigenvalue weighted by Crippen LogP contribution is 2.31. The fourth-order valence-corrected chi connectivity index (χ4v) is 3.08. The monoisotopic (exact) mass is 208 g/mol. The lowest BCUT2D eigenvalue weighted by Crippen LogP contribution is -2.30. The SMILES string of the molecule is C1CNC(C2=NC(C3CCCC3)CO2)C1. The normalized spacial score (nSPS) is 36.9. The van der Waals surface area contributed by atoms with Crippen LogP contribution in [-0.2, 0) is 4.74 Å². The van der Waals surface area contributed by atoms with Gasteiger partial charge in [-0.15, -0.1) is 0 Å². The van der Waals surface area contributed by atoms with Gasteiger partial charge in [-0.1, -0.05) is 12.8 Å². The third kappa shape index (κ3) is 1.89. The van der Waals surface area contributed by atoms with Gasteiger partial charge < -0.3 is 10.1 Å². The first-order chi connectivity index (χ1) is 7.43. The van der Waals surface area contributed by atoms with Crippen LogP contribution in [0.25, 0.3) is 0 Å². The Labute approximate surface area is 91.3 Å². The molecule has 1 N–H and O–H groups in total. The van der Waals surface area contributed by atoms with Gasteiger partial charge in [-0.25, -0.2) is 4.99 Å². The van der Waals surface area contributed by atoms with Gasteiger partial charge in [0.1, 0.15) is 6.61 Å². The Bertz CT molecular complexity index is 252. The predicted octanol–water partition coefficient (Wildman–Crippen LogP) is 1.73. The van der Waals surface area contributed by atoms with Crippen molar-refractivity contribution < 1.29 is 4.74 Å². The summed E-state index contributed by atoms with van der Waals surface area (Å²) in [6, 6.07) is 0.904. The summed E-state index contributed by atoms with van der Waals surface area (Å²) in [6.07, 6.45) is 7.99. The lowest BCUT2D eigenvalue weighted by molar-refractivity contribution is 0.270. The standard InChI is InChI=1S/C12H20N2O/c1-2-5-9(4-1)11-8-15-12(14-11)10-6-3-7-13-10/h9-11,13H,1-8H2. The summed E-state index contributed by atoms with van der Waals surface area (Å²) in [5.74, 6) is 1.81. The van der Waals surface area contributed by atoms with Crippen LogP contribution in [0.3, 0.4) is 0 Å². The minimum absolute atomic E-state index is 0.427. The molecule has 2 aliphatic heterocycles. The van der Waals surface area contributed by atoms with E-state index in [1.54, 1.807) is 0 Å². The Kier molecular flexibility index (Phi) is 2.65. The first-order valence-electron chi connectivity index (χ1n) is 6.37. The first kappa shape index (κ1) is 9.64. The number of nitrogens with zero attached hydrogens (tertiary/aromatic N) is 1. The molecule has 84 valence electrons. The molecule has 1 saturated carbocycles. The van der Waals surface area contributed by atoms with Crippen molar-refractivity contribution >= 4 is 5.90 Å². The van der Waals surface area contributed by atoms with Crippen LogP contribution in [-0.4, -0.2) is 31.1 Å². The molecule has 0 aromatic heterocycles. The highest BCUT2D eigenvalue weighted by Gasteiger charge is 2.33. The van der Waals surface area contributed by atoms with Crippen molar-refractivity contribution in [1.29, 1.82) is 0 Å². The van der Waals surface area contributed by atoms with Gasteiger partial charge in [-0.05, 0) is 38.1 Å². The Morgan fingerprint density at radius 2 is 2.00 bits per heavy atom. The zero-order chi connectivity index (χ0) is 10.1. The second-order valence-electron chi connectivity index (χ2n) is 5.04. The minimum Gasteiger partial charge on any atom is -0.478 e. The van der Waals surface area contributed by atoms with Crippen molar-refractivity contribution in [2.75, 3.05) is 13.2 Å². The van der Waals surface area contributed by atoms with Gasteiger partial charge in [0.15, 0.2) is 0 Å². The molecule has 1 saturated heterocycles. The molecule has 2 fully saturated rings. The van der Waals surface area contributed by atoms with Crippen molar-refractivity contribution in [2.24, 2.45) is 10.9 Å². The molecule has 0 aromatic carbocycles. The second kappa shape index (κ2) is 4.12. The molecule has 0 bridgehead atoms. The first-order valence-corrected chi connectivity index (χ1v) is 6.37. The van der Waals surface area contributed by atoms with E-state index in [4.69, 9.17) is 9.73 Å². The highest BCUT2D eigenvalue weighted by molar-refractivity contribution is 5.83. The van der Waals surface area contributed by atoms with Gasteiger partial charge in [-0.3, -0.25) is 0 Å². The van der Waals surface area contributed by atoms with Crippen molar-refractivity contribution in [3.05, 3.63) is 0 Å². The number of rotatable bonds is 2. The maximum absolute atomic E-state index is 5.75. The van der Waals surface area contributed by atoms with Crippen LogP contribution < -0.4 is 5.32 Å². The summed E-state index contributed by atoms with van der Waals surface area (Å²) < 4.78 is 5.75. The van der Waals surface area contributed by atoms with Gasteiger partial charge in [0, 0.05) is 0 Å². The van der Waals surface area contributed by atoms with E-state index in [1.807, 2.05) is 0 Å². The number of hydrogen-bond acceptors (Lipinski definition) is 3. The molecule has 3 aliphatic rings. The Balaban J connectivity index is 1.63. The molecule has 0 aromatic rings. The number of nitrogens with one attached hydrogen (secondary N) is 1. The number of ether oxygens (including phenoxy) is 1. The van der Waals surface area contributed by atoms with E-state index >= 15 is 0 Å². The number of aliphatic imine (C=N–C) groups is 1. The Hall–Kier alpha value is -0.570. The van der Waals surface area contributed by atoms with Crippen LogP contribution in [0.15, 0.2) is 4.99 Å². The molecular formula is C12H20N2O. The molecule has 3 rings (SSSR count). The van der Waals surface area contributed by atoms with E-state index < -0.39 is 0 Å². The maximum Gasteiger partial charge on any atom is 0.201 e. The van der Waals surface area contributed by atoms with E-state index in [1.165, 1.54) is 38.5 Å². The topological polar surface area (TPSA) is 33.6 Å². The van der Waals surface area contributed by atoms with E-state index in [2.05, 4.69) is 5.32 Å². The van der Waals surface area contributed by atoms with Crippen LogP contribution >= 0.6 is 0 Å². The molecule has 3 nitrogen and oxygen atoms in total. The smallest absolute Gasteiger partial charge is 0.201 e. The molecule has 0 amide bonds.